The molecule has 6 heteroatoms. The summed E-state index contributed by atoms with van der Waals surface area (Å²) < 4.78 is 9.41. The lowest BCUT2D eigenvalue weighted by Gasteiger charge is -2.07. The first-order chi connectivity index (χ1) is 9.11. The van der Waals surface area contributed by atoms with Gasteiger partial charge >= 0.3 is 5.97 Å². The van der Waals surface area contributed by atoms with Crippen LogP contribution in [0.25, 0.3) is 0 Å². The number of anilines is 1. The molecule has 1 N–H and O–H groups in total. The van der Waals surface area contributed by atoms with Crippen LogP contribution in [0.2, 0.25) is 5.02 Å². The van der Waals surface area contributed by atoms with Crippen molar-refractivity contribution >= 4 is 29.2 Å². The number of nitrogens with one attached hydrogen (secondary N) is 1. The maximum absolute atomic E-state index is 11.8. The van der Waals surface area contributed by atoms with Crippen LogP contribution in [0.3, 0.4) is 0 Å². The van der Waals surface area contributed by atoms with Crippen LogP contribution in [0.4, 0.5) is 5.69 Å². The first-order valence-electron chi connectivity index (χ1n) is 5.33. The van der Waals surface area contributed by atoms with Crippen molar-refractivity contribution in [3.63, 3.8) is 0 Å². The molecule has 0 radical (unpaired) electrons. The molecule has 0 aliphatic carbocycles. The molecule has 1 aromatic carbocycles. The molecule has 2 rings (SSSR count). The smallest absolute Gasteiger partial charge is 0.337 e. The maximum Gasteiger partial charge on any atom is 0.337 e. The van der Waals surface area contributed by atoms with E-state index in [0.29, 0.717) is 21.8 Å². The molecule has 1 heterocycles. The Labute approximate surface area is 114 Å². The summed E-state index contributed by atoms with van der Waals surface area (Å²) in [6.45, 7) is 0. The van der Waals surface area contributed by atoms with Crippen molar-refractivity contribution in [3.05, 3.63) is 52.9 Å². The van der Waals surface area contributed by atoms with E-state index in [1.165, 1.54) is 43.9 Å². The first kappa shape index (κ1) is 13.2. The van der Waals surface area contributed by atoms with Gasteiger partial charge in [-0.3, -0.25) is 4.79 Å². The largest absolute Gasteiger partial charge is 0.472 e. The number of esters is 1. The number of methoxy groups -OCH3 is 1. The molecule has 19 heavy (non-hydrogen) atoms. The summed E-state index contributed by atoms with van der Waals surface area (Å²) in [5, 5.41) is 2.92. The summed E-state index contributed by atoms with van der Waals surface area (Å²) in [7, 11) is 1.28. The average Bonchev–Trinajstić information content (AvgIpc) is 2.94. The van der Waals surface area contributed by atoms with Gasteiger partial charge < -0.3 is 14.5 Å². The van der Waals surface area contributed by atoms with Crippen molar-refractivity contribution in [1.82, 2.24) is 0 Å². The van der Waals surface area contributed by atoms with E-state index in [2.05, 4.69) is 10.1 Å². The fourth-order valence-electron chi connectivity index (χ4n) is 1.45. The van der Waals surface area contributed by atoms with Crippen LogP contribution >= 0.6 is 11.6 Å². The van der Waals surface area contributed by atoms with E-state index in [1.54, 1.807) is 0 Å². The molecule has 0 saturated carbocycles. The Hall–Kier alpha value is -2.27. The van der Waals surface area contributed by atoms with Crippen LogP contribution in [-0.4, -0.2) is 19.0 Å². The van der Waals surface area contributed by atoms with Gasteiger partial charge in [-0.25, -0.2) is 4.79 Å². The van der Waals surface area contributed by atoms with E-state index < -0.39 is 5.97 Å². The highest BCUT2D eigenvalue weighted by Crippen LogP contribution is 2.24. The predicted octanol–water partition coefficient (Wildman–Crippen LogP) is 2.97. The van der Waals surface area contributed by atoms with Gasteiger partial charge in [0.2, 0.25) is 0 Å². The van der Waals surface area contributed by atoms with Crippen LogP contribution in [-0.2, 0) is 4.74 Å². The Bertz CT molecular complexity index is 607. The summed E-state index contributed by atoms with van der Waals surface area (Å²) in [5.74, 6) is -0.881. The minimum Gasteiger partial charge on any atom is -0.472 e. The third kappa shape index (κ3) is 2.95. The van der Waals surface area contributed by atoms with E-state index in [4.69, 9.17) is 16.0 Å². The quantitative estimate of drug-likeness (QED) is 0.877. The van der Waals surface area contributed by atoms with Crippen molar-refractivity contribution in [1.29, 1.82) is 0 Å². The Morgan fingerprint density at radius 3 is 2.68 bits per heavy atom. The van der Waals surface area contributed by atoms with Gasteiger partial charge in [0.15, 0.2) is 0 Å². The lowest BCUT2D eigenvalue weighted by Crippen LogP contribution is -2.12. The Kier molecular flexibility index (Phi) is 3.87. The number of ether oxygens (including phenoxy) is 1. The van der Waals surface area contributed by atoms with Gasteiger partial charge in [0.25, 0.3) is 5.91 Å². The highest BCUT2D eigenvalue weighted by Gasteiger charge is 2.12. The molecule has 0 aliphatic rings. The Morgan fingerprint density at radius 2 is 2.05 bits per heavy atom. The monoisotopic (exact) mass is 279 g/mol. The number of halogens is 1. The maximum atomic E-state index is 11.8. The molecule has 98 valence electrons. The zero-order valence-corrected chi connectivity index (χ0v) is 10.7. The zero-order valence-electron chi connectivity index (χ0n) is 9.98. The van der Waals surface area contributed by atoms with Crippen LogP contribution in [0.5, 0.6) is 0 Å². The fraction of sp³-hybridized carbons (Fsp3) is 0.0769. The fourth-order valence-corrected chi connectivity index (χ4v) is 1.62. The topological polar surface area (TPSA) is 68.5 Å². The minimum atomic E-state index is -0.504. The lowest BCUT2D eigenvalue weighted by atomic mass is 10.2. The molecule has 0 fully saturated rings. The Morgan fingerprint density at radius 1 is 1.26 bits per heavy atom. The minimum absolute atomic E-state index is 0.300. The second kappa shape index (κ2) is 5.58. The first-order valence-corrected chi connectivity index (χ1v) is 5.71. The predicted molar refractivity (Wildman–Crippen MR) is 69.5 cm³/mol. The van der Waals surface area contributed by atoms with Crippen molar-refractivity contribution in [2.45, 2.75) is 0 Å². The highest BCUT2D eigenvalue weighted by atomic mass is 35.5. The molecular formula is C13H10ClNO4. The third-order valence-corrected chi connectivity index (χ3v) is 2.75. The molecule has 1 aromatic heterocycles. The molecule has 0 atom stereocenters. The lowest BCUT2D eigenvalue weighted by molar-refractivity contribution is 0.0600. The summed E-state index contributed by atoms with van der Waals surface area (Å²) >= 11 is 5.96. The molecule has 0 bridgehead atoms. The highest BCUT2D eigenvalue weighted by molar-refractivity contribution is 6.34. The van der Waals surface area contributed by atoms with Gasteiger partial charge in [0.05, 0.1) is 35.2 Å². The molecule has 1 amide bonds. The molecule has 0 unspecified atom stereocenters. The van der Waals surface area contributed by atoms with Crippen LogP contribution in [0, 0.1) is 0 Å². The van der Waals surface area contributed by atoms with E-state index in [-0.39, 0.29) is 5.91 Å². The normalized spacial score (nSPS) is 10.0. The van der Waals surface area contributed by atoms with E-state index in [0.717, 1.165) is 0 Å². The molecular weight excluding hydrogens is 270 g/mol. The number of carbonyl (C=O) groups is 2. The summed E-state index contributed by atoms with van der Waals surface area (Å²) in [6, 6.07) is 6.00. The molecule has 5 nitrogen and oxygen atoms in total. The van der Waals surface area contributed by atoms with Gasteiger partial charge in [0.1, 0.15) is 6.26 Å². The van der Waals surface area contributed by atoms with E-state index in [1.807, 2.05) is 0 Å². The van der Waals surface area contributed by atoms with E-state index >= 15 is 0 Å². The van der Waals surface area contributed by atoms with E-state index in [9.17, 15) is 9.59 Å². The number of hydrogen-bond donors (Lipinski definition) is 1. The summed E-state index contributed by atoms with van der Waals surface area (Å²) in [4.78, 5) is 23.2. The standard InChI is InChI=1S/C13H10ClNO4/c1-18-13(17)8-2-3-10(14)11(6-8)15-12(16)9-4-5-19-7-9/h2-7H,1H3,(H,15,16). The van der Waals surface area contributed by atoms with Crippen LogP contribution < -0.4 is 5.32 Å². The van der Waals surface area contributed by atoms with Crippen molar-refractivity contribution in [2.75, 3.05) is 12.4 Å². The SMILES string of the molecule is COC(=O)c1ccc(Cl)c(NC(=O)c2ccoc2)c1. The van der Waals surface area contributed by atoms with Gasteiger partial charge in [-0.2, -0.15) is 0 Å². The number of benzene rings is 1. The Balaban J connectivity index is 2.24. The zero-order chi connectivity index (χ0) is 13.8. The van der Waals surface area contributed by atoms with Crippen molar-refractivity contribution in [3.8, 4) is 0 Å². The molecule has 0 aliphatic heterocycles. The number of amides is 1. The number of rotatable bonds is 3. The number of hydrogen-bond acceptors (Lipinski definition) is 4. The van der Waals surface area contributed by atoms with Gasteiger partial charge in [0, 0.05) is 0 Å². The van der Waals surface area contributed by atoms with Crippen molar-refractivity contribution in [2.24, 2.45) is 0 Å². The summed E-state index contributed by atoms with van der Waals surface area (Å²) in [5.41, 5.74) is 0.990. The van der Waals surface area contributed by atoms with Gasteiger partial charge in [-0.05, 0) is 24.3 Å². The second-order valence-corrected chi connectivity index (χ2v) is 4.06. The molecule has 0 spiro atoms. The van der Waals surface area contributed by atoms with Gasteiger partial charge in [-0.15, -0.1) is 0 Å². The summed E-state index contributed by atoms with van der Waals surface area (Å²) in [6.07, 6.45) is 2.70. The molecule has 2 aromatic rings. The molecule has 0 saturated heterocycles. The van der Waals surface area contributed by atoms with Gasteiger partial charge in [-0.1, -0.05) is 11.6 Å². The van der Waals surface area contributed by atoms with Crippen LogP contribution in [0.15, 0.2) is 41.2 Å². The van der Waals surface area contributed by atoms with Crippen LogP contribution in [0.1, 0.15) is 20.7 Å². The third-order valence-electron chi connectivity index (χ3n) is 2.42. The number of carbonyl (C=O) groups excluding carboxylic acids is 2. The average molecular weight is 280 g/mol. The van der Waals surface area contributed by atoms with Crippen molar-refractivity contribution < 1.29 is 18.7 Å². The second-order valence-electron chi connectivity index (χ2n) is 3.65. The number of furan rings is 1.